The van der Waals surface area contributed by atoms with Gasteiger partial charge in [0.2, 0.25) is 0 Å². The van der Waals surface area contributed by atoms with Gasteiger partial charge in [-0.05, 0) is 37.5 Å². The molecule has 0 radical (unpaired) electrons. The van der Waals surface area contributed by atoms with E-state index >= 15 is 0 Å². The predicted molar refractivity (Wildman–Crippen MR) is 154 cm³/mol. The molecular formula is C31H50O7. The molecule has 0 spiro atoms. The average Bonchev–Trinajstić information content (AvgIpc) is 2.92. The Balaban J connectivity index is 0. The lowest BCUT2D eigenvalue weighted by molar-refractivity contribution is -0.139. The van der Waals surface area contributed by atoms with E-state index in [1.165, 1.54) is 20.0 Å². The lowest BCUT2D eigenvalue weighted by Crippen LogP contribution is -2.15. The summed E-state index contributed by atoms with van der Waals surface area (Å²) in [7, 11) is 1.50. The smallest absolute Gasteiger partial charge is 0.337 e. The van der Waals surface area contributed by atoms with Gasteiger partial charge in [-0.15, -0.1) is 0 Å². The maximum atomic E-state index is 12.5. The number of carbonyl (C=O) groups excluding carboxylic acids is 3. The summed E-state index contributed by atoms with van der Waals surface area (Å²) >= 11 is 0. The van der Waals surface area contributed by atoms with Crippen LogP contribution in [0, 0.1) is 5.92 Å². The number of carbonyl (C=O) groups is 3. The van der Waals surface area contributed by atoms with Crippen molar-refractivity contribution in [3.63, 3.8) is 0 Å². The van der Waals surface area contributed by atoms with E-state index in [0.29, 0.717) is 55.0 Å². The highest BCUT2D eigenvalue weighted by atomic mass is 16.5. The maximum absolute atomic E-state index is 12.5. The van der Waals surface area contributed by atoms with E-state index in [0.717, 1.165) is 5.57 Å². The lowest BCUT2D eigenvalue weighted by atomic mass is 10.0. The van der Waals surface area contributed by atoms with E-state index in [-0.39, 0.29) is 24.9 Å². The van der Waals surface area contributed by atoms with Crippen molar-refractivity contribution in [1.82, 2.24) is 0 Å². The van der Waals surface area contributed by atoms with E-state index in [4.69, 9.17) is 14.2 Å². The van der Waals surface area contributed by atoms with E-state index in [1.807, 2.05) is 47.6 Å². The Hall–Kier alpha value is -3.09. The van der Waals surface area contributed by atoms with Crippen LogP contribution >= 0.6 is 0 Å². The predicted octanol–water partition coefficient (Wildman–Crippen LogP) is 7.52. The van der Waals surface area contributed by atoms with Crippen LogP contribution < -0.4 is 9.47 Å². The van der Waals surface area contributed by atoms with Gasteiger partial charge in [0, 0.05) is 18.9 Å². The molecule has 0 fully saturated rings. The van der Waals surface area contributed by atoms with E-state index in [1.54, 1.807) is 24.3 Å². The fourth-order valence-electron chi connectivity index (χ4n) is 2.82. The van der Waals surface area contributed by atoms with Gasteiger partial charge in [-0.2, -0.15) is 0 Å². The molecule has 7 heteroatoms. The summed E-state index contributed by atoms with van der Waals surface area (Å²) in [6.07, 6.45) is 7.85. The zero-order valence-electron chi connectivity index (χ0n) is 25.1. The second-order valence-corrected chi connectivity index (χ2v) is 8.68. The monoisotopic (exact) mass is 534 g/mol. The summed E-state index contributed by atoms with van der Waals surface area (Å²) in [5.74, 6) is 0.689. The standard InChI is InChI=1S/C25H34O7.C4H10.C2H6/c1-6-11-31-25(28)20(14-19(4)8-7-12-30-17-26)16-32-21-9-10-22(24(15-21)29-5)23(27)13-18(2)3;1-3-4-2;1-2/h8-10,14-15,17-18H,6-7,11-13,16H2,1-5H3;3-4H2,1-2H3;1-2H3/b19-8-,20-14+;;. The summed E-state index contributed by atoms with van der Waals surface area (Å²) in [6.45, 7) is 17.1. The van der Waals surface area contributed by atoms with Gasteiger partial charge in [0.25, 0.3) is 6.47 Å². The van der Waals surface area contributed by atoms with Crippen LogP contribution in [0.3, 0.4) is 0 Å². The Bertz CT molecular complexity index is 852. The molecule has 0 saturated carbocycles. The number of allylic oxidation sites excluding steroid dienone is 2. The fraction of sp³-hybridized carbons (Fsp3) is 0.581. The van der Waals surface area contributed by atoms with Crippen LogP contribution in [0.25, 0.3) is 0 Å². The first-order valence-corrected chi connectivity index (χ1v) is 13.7. The molecule has 0 unspecified atom stereocenters. The number of benzene rings is 1. The summed E-state index contributed by atoms with van der Waals surface area (Å²) < 4.78 is 21.1. The maximum Gasteiger partial charge on any atom is 0.337 e. The van der Waals surface area contributed by atoms with Crippen LogP contribution in [0.15, 0.2) is 41.5 Å². The van der Waals surface area contributed by atoms with Gasteiger partial charge in [-0.1, -0.05) is 73.0 Å². The molecule has 216 valence electrons. The Kier molecular flexibility index (Phi) is 23.7. The van der Waals surface area contributed by atoms with Crippen molar-refractivity contribution in [3.05, 3.63) is 47.1 Å². The number of hydrogen-bond acceptors (Lipinski definition) is 7. The van der Waals surface area contributed by atoms with E-state index in [9.17, 15) is 14.4 Å². The van der Waals surface area contributed by atoms with Crippen LogP contribution in [0.5, 0.6) is 11.5 Å². The Morgan fingerprint density at radius 1 is 1.00 bits per heavy atom. The summed E-state index contributed by atoms with van der Waals surface area (Å²) in [5, 5.41) is 0. The highest BCUT2D eigenvalue weighted by molar-refractivity contribution is 5.99. The zero-order valence-corrected chi connectivity index (χ0v) is 25.1. The third kappa shape index (κ3) is 17.4. The minimum atomic E-state index is -0.459. The van der Waals surface area contributed by atoms with Crippen molar-refractivity contribution in [2.75, 3.05) is 26.9 Å². The first-order chi connectivity index (χ1) is 18.2. The lowest BCUT2D eigenvalue weighted by Gasteiger charge is -2.13. The van der Waals surface area contributed by atoms with Crippen molar-refractivity contribution < 1.29 is 33.3 Å². The molecule has 1 rings (SSSR count). The molecule has 0 saturated heterocycles. The largest absolute Gasteiger partial charge is 0.496 e. The molecule has 0 amide bonds. The van der Waals surface area contributed by atoms with Gasteiger partial charge in [0.15, 0.2) is 5.78 Å². The summed E-state index contributed by atoms with van der Waals surface area (Å²) in [5.41, 5.74) is 1.67. The topological polar surface area (TPSA) is 88.1 Å². The number of methoxy groups -OCH3 is 1. The molecule has 0 heterocycles. The highest BCUT2D eigenvalue weighted by Gasteiger charge is 2.16. The molecule has 0 aliphatic carbocycles. The van der Waals surface area contributed by atoms with Crippen molar-refractivity contribution in [2.24, 2.45) is 5.92 Å². The fourth-order valence-corrected chi connectivity index (χ4v) is 2.82. The van der Waals surface area contributed by atoms with Gasteiger partial charge >= 0.3 is 5.97 Å². The molecule has 7 nitrogen and oxygen atoms in total. The van der Waals surface area contributed by atoms with Crippen LogP contribution in [-0.2, 0) is 19.1 Å². The summed E-state index contributed by atoms with van der Waals surface area (Å²) in [4.78, 5) is 35.1. The minimum absolute atomic E-state index is 0.00597. The number of hydrogen-bond donors (Lipinski definition) is 0. The SMILES string of the molecule is CC.CCCC.CCCOC(=O)/C(=C/C(C)=C\CCOC=O)COc1ccc(C(=O)CC(C)C)c(OC)c1. The van der Waals surface area contributed by atoms with Crippen molar-refractivity contribution >= 4 is 18.2 Å². The molecule has 0 N–H and O–H groups in total. The number of Topliss-reactive ketones (excluding diaryl/α,β-unsaturated/α-hetero) is 1. The van der Waals surface area contributed by atoms with Crippen LogP contribution in [-0.4, -0.2) is 45.2 Å². The van der Waals surface area contributed by atoms with Crippen molar-refractivity contribution in [3.8, 4) is 11.5 Å². The first kappa shape index (κ1) is 37.1. The van der Waals surface area contributed by atoms with E-state index in [2.05, 4.69) is 18.6 Å². The average molecular weight is 535 g/mol. The molecule has 1 aromatic carbocycles. The second kappa shape index (κ2) is 24.3. The number of unbranched alkanes of at least 4 members (excludes halogenated alkanes) is 1. The van der Waals surface area contributed by atoms with Gasteiger partial charge in [0.05, 0.1) is 31.5 Å². The van der Waals surface area contributed by atoms with Gasteiger partial charge < -0.3 is 18.9 Å². The molecule has 38 heavy (non-hydrogen) atoms. The third-order valence-corrected chi connectivity index (χ3v) is 4.83. The number of rotatable bonds is 16. The van der Waals surface area contributed by atoms with Crippen LogP contribution in [0.2, 0.25) is 0 Å². The van der Waals surface area contributed by atoms with Crippen LogP contribution in [0.4, 0.5) is 0 Å². The quantitative estimate of drug-likeness (QED) is 0.0541. The van der Waals surface area contributed by atoms with Crippen molar-refractivity contribution in [2.45, 2.75) is 87.5 Å². The minimum Gasteiger partial charge on any atom is -0.496 e. The number of ketones is 1. The molecule has 0 atom stereocenters. The number of ether oxygens (including phenoxy) is 4. The van der Waals surface area contributed by atoms with Gasteiger partial charge in [-0.3, -0.25) is 9.59 Å². The van der Waals surface area contributed by atoms with Crippen LogP contribution in [0.1, 0.15) is 97.9 Å². The summed E-state index contributed by atoms with van der Waals surface area (Å²) in [6, 6.07) is 5.00. The van der Waals surface area contributed by atoms with Gasteiger partial charge in [0.1, 0.15) is 18.1 Å². The molecule has 0 aliphatic rings. The molecule has 1 aromatic rings. The molecule has 0 aliphatic heterocycles. The Labute approximate surface area is 230 Å². The van der Waals surface area contributed by atoms with E-state index < -0.39 is 5.97 Å². The highest BCUT2D eigenvalue weighted by Crippen LogP contribution is 2.27. The first-order valence-electron chi connectivity index (χ1n) is 13.7. The normalized spacial score (nSPS) is 10.9. The van der Waals surface area contributed by atoms with Crippen molar-refractivity contribution in [1.29, 1.82) is 0 Å². The molecule has 0 aromatic heterocycles. The molecule has 0 bridgehead atoms. The Morgan fingerprint density at radius 2 is 1.66 bits per heavy atom. The number of esters is 1. The third-order valence-electron chi connectivity index (χ3n) is 4.83. The van der Waals surface area contributed by atoms with Gasteiger partial charge in [-0.25, -0.2) is 4.79 Å². The zero-order chi connectivity index (χ0) is 29.3. The Morgan fingerprint density at radius 3 is 2.18 bits per heavy atom. The molecular weight excluding hydrogens is 484 g/mol. The second-order valence-electron chi connectivity index (χ2n) is 8.68.